The van der Waals surface area contributed by atoms with Crippen LogP contribution in [0.1, 0.15) is 27.7 Å². The smallest absolute Gasteiger partial charge is 0.398 e. The van der Waals surface area contributed by atoms with Gasteiger partial charge in [-0.2, -0.15) is 0 Å². The van der Waals surface area contributed by atoms with Gasteiger partial charge in [-0.25, -0.2) is 9.97 Å². The molecule has 21 heavy (non-hydrogen) atoms. The van der Waals surface area contributed by atoms with Crippen LogP contribution in [0.4, 0.5) is 0 Å². The standard InChI is InChI=1S/C14H17BN4O2/c1-13(2)14(3,4)21-15(20-13)11-9-18-10(8-19-11)12-16-6-5-7-17-12/h5-9H,1-4H3. The van der Waals surface area contributed by atoms with Gasteiger partial charge in [0.2, 0.25) is 0 Å². The zero-order valence-electron chi connectivity index (χ0n) is 12.6. The lowest BCUT2D eigenvalue weighted by molar-refractivity contribution is 0.00578. The van der Waals surface area contributed by atoms with Gasteiger partial charge in [0.25, 0.3) is 0 Å². The van der Waals surface area contributed by atoms with Crippen molar-refractivity contribution in [1.82, 2.24) is 19.9 Å². The molecule has 0 bridgehead atoms. The van der Waals surface area contributed by atoms with Crippen molar-refractivity contribution in [2.75, 3.05) is 0 Å². The summed E-state index contributed by atoms with van der Waals surface area (Å²) in [5, 5.41) is 0. The molecule has 1 aliphatic heterocycles. The van der Waals surface area contributed by atoms with Crippen molar-refractivity contribution in [3.63, 3.8) is 0 Å². The van der Waals surface area contributed by atoms with E-state index in [0.717, 1.165) is 0 Å². The van der Waals surface area contributed by atoms with Crippen LogP contribution in [0.3, 0.4) is 0 Å². The molecule has 2 aromatic rings. The Kier molecular flexibility index (Phi) is 3.26. The first-order valence-corrected chi connectivity index (χ1v) is 6.84. The summed E-state index contributed by atoms with van der Waals surface area (Å²) in [4.78, 5) is 17.0. The van der Waals surface area contributed by atoms with E-state index >= 15 is 0 Å². The van der Waals surface area contributed by atoms with Gasteiger partial charge in [-0.3, -0.25) is 9.97 Å². The first kappa shape index (κ1) is 14.1. The molecule has 1 fully saturated rings. The van der Waals surface area contributed by atoms with Gasteiger partial charge in [0.1, 0.15) is 5.69 Å². The lowest BCUT2D eigenvalue weighted by atomic mass is 9.85. The molecule has 0 radical (unpaired) electrons. The molecule has 0 aromatic carbocycles. The van der Waals surface area contributed by atoms with Gasteiger partial charge in [0.05, 0.1) is 23.0 Å². The summed E-state index contributed by atoms with van der Waals surface area (Å²) in [5.74, 6) is 0.547. The lowest BCUT2D eigenvalue weighted by Gasteiger charge is -2.32. The maximum atomic E-state index is 5.94. The molecule has 0 aliphatic carbocycles. The average molecular weight is 284 g/mol. The van der Waals surface area contributed by atoms with Crippen molar-refractivity contribution >= 4 is 12.7 Å². The molecule has 7 heteroatoms. The van der Waals surface area contributed by atoms with Gasteiger partial charge in [-0.15, -0.1) is 0 Å². The predicted octanol–water partition coefficient (Wildman–Crippen LogP) is 1.23. The molecule has 0 unspecified atom stereocenters. The molecular formula is C14H17BN4O2. The largest absolute Gasteiger partial charge is 0.516 e. The van der Waals surface area contributed by atoms with Crippen molar-refractivity contribution < 1.29 is 9.31 Å². The third-order valence-electron chi connectivity index (χ3n) is 3.96. The van der Waals surface area contributed by atoms with Crippen LogP contribution in [-0.2, 0) is 9.31 Å². The zero-order chi connectivity index (χ0) is 15.1. The Bertz CT molecular complexity index is 615. The summed E-state index contributed by atoms with van der Waals surface area (Å²) < 4.78 is 11.9. The van der Waals surface area contributed by atoms with E-state index in [9.17, 15) is 0 Å². The molecule has 0 spiro atoms. The van der Waals surface area contributed by atoms with Crippen LogP contribution in [-0.4, -0.2) is 38.3 Å². The number of aromatic nitrogens is 4. The molecule has 1 saturated heterocycles. The van der Waals surface area contributed by atoms with Crippen molar-refractivity contribution in [1.29, 1.82) is 0 Å². The first-order valence-electron chi connectivity index (χ1n) is 6.84. The Morgan fingerprint density at radius 2 is 1.48 bits per heavy atom. The maximum absolute atomic E-state index is 5.94. The second kappa shape index (κ2) is 4.86. The van der Waals surface area contributed by atoms with E-state index in [1.807, 2.05) is 27.7 Å². The van der Waals surface area contributed by atoms with E-state index in [1.54, 1.807) is 30.9 Å². The topological polar surface area (TPSA) is 70.0 Å². The molecule has 1 aliphatic rings. The van der Waals surface area contributed by atoms with Crippen molar-refractivity contribution in [2.24, 2.45) is 0 Å². The quantitative estimate of drug-likeness (QED) is 0.773. The highest BCUT2D eigenvalue weighted by atomic mass is 16.7. The van der Waals surface area contributed by atoms with Gasteiger partial charge in [0.15, 0.2) is 5.82 Å². The summed E-state index contributed by atoms with van der Waals surface area (Å²) in [6.45, 7) is 8.03. The van der Waals surface area contributed by atoms with Crippen LogP contribution in [0.2, 0.25) is 0 Å². The Balaban J connectivity index is 1.83. The third kappa shape index (κ3) is 2.54. The Morgan fingerprint density at radius 3 is 2.00 bits per heavy atom. The highest BCUT2D eigenvalue weighted by molar-refractivity contribution is 6.61. The highest BCUT2D eigenvalue weighted by Crippen LogP contribution is 2.36. The number of rotatable bonds is 2. The maximum Gasteiger partial charge on any atom is 0.516 e. The molecule has 2 aromatic heterocycles. The average Bonchev–Trinajstić information content (AvgIpc) is 2.69. The lowest BCUT2D eigenvalue weighted by Crippen LogP contribution is -2.41. The number of hydrogen-bond acceptors (Lipinski definition) is 6. The predicted molar refractivity (Wildman–Crippen MR) is 78.8 cm³/mol. The van der Waals surface area contributed by atoms with Gasteiger partial charge in [-0.05, 0) is 33.8 Å². The summed E-state index contributed by atoms with van der Waals surface area (Å²) in [6, 6.07) is 1.76. The van der Waals surface area contributed by atoms with Crippen molar-refractivity contribution in [3.8, 4) is 11.5 Å². The molecule has 0 N–H and O–H groups in total. The van der Waals surface area contributed by atoms with Crippen LogP contribution >= 0.6 is 0 Å². The van der Waals surface area contributed by atoms with Crippen LogP contribution < -0.4 is 5.59 Å². The normalized spacial score (nSPS) is 19.7. The second-order valence-electron chi connectivity index (χ2n) is 5.99. The molecule has 3 heterocycles. The van der Waals surface area contributed by atoms with E-state index < -0.39 is 7.12 Å². The Hall–Kier alpha value is -1.86. The Morgan fingerprint density at radius 1 is 0.857 bits per heavy atom. The SMILES string of the molecule is CC1(C)OB(c2cnc(-c3ncccn3)cn2)OC1(C)C. The number of nitrogens with zero attached hydrogens (tertiary/aromatic N) is 4. The second-order valence-corrected chi connectivity index (χ2v) is 5.99. The number of hydrogen-bond donors (Lipinski definition) is 0. The molecule has 108 valence electrons. The molecule has 0 atom stereocenters. The molecular weight excluding hydrogens is 267 g/mol. The summed E-state index contributed by atoms with van der Waals surface area (Å²) in [6.07, 6.45) is 6.63. The van der Waals surface area contributed by atoms with Gasteiger partial charge >= 0.3 is 7.12 Å². The van der Waals surface area contributed by atoms with E-state index in [4.69, 9.17) is 9.31 Å². The molecule has 3 rings (SSSR count). The van der Waals surface area contributed by atoms with Crippen LogP contribution in [0.5, 0.6) is 0 Å². The minimum atomic E-state index is -0.506. The zero-order valence-corrected chi connectivity index (χ0v) is 12.6. The monoisotopic (exact) mass is 284 g/mol. The van der Waals surface area contributed by atoms with Crippen molar-refractivity contribution in [3.05, 3.63) is 30.9 Å². The van der Waals surface area contributed by atoms with E-state index in [1.165, 1.54) is 0 Å². The summed E-state index contributed by atoms with van der Waals surface area (Å²) in [5.41, 5.74) is 0.491. The summed E-state index contributed by atoms with van der Waals surface area (Å²) in [7, 11) is -0.506. The minimum absolute atomic E-state index is 0.388. The molecule has 0 saturated carbocycles. The third-order valence-corrected chi connectivity index (χ3v) is 3.96. The fourth-order valence-corrected chi connectivity index (χ4v) is 1.97. The first-order chi connectivity index (χ1) is 9.89. The van der Waals surface area contributed by atoms with E-state index in [2.05, 4.69) is 19.9 Å². The van der Waals surface area contributed by atoms with Crippen molar-refractivity contribution in [2.45, 2.75) is 38.9 Å². The van der Waals surface area contributed by atoms with Gasteiger partial charge in [0, 0.05) is 18.6 Å². The van der Waals surface area contributed by atoms with E-state index in [0.29, 0.717) is 17.1 Å². The highest BCUT2D eigenvalue weighted by Gasteiger charge is 2.52. The fraction of sp³-hybridized carbons (Fsp3) is 0.429. The Labute approximate surface area is 124 Å². The van der Waals surface area contributed by atoms with Crippen LogP contribution in [0.15, 0.2) is 30.9 Å². The molecule has 0 amide bonds. The minimum Gasteiger partial charge on any atom is -0.398 e. The van der Waals surface area contributed by atoms with Crippen LogP contribution in [0, 0.1) is 0 Å². The van der Waals surface area contributed by atoms with E-state index in [-0.39, 0.29) is 11.2 Å². The van der Waals surface area contributed by atoms with Crippen LogP contribution in [0.25, 0.3) is 11.5 Å². The fourth-order valence-electron chi connectivity index (χ4n) is 1.97. The summed E-state index contributed by atoms with van der Waals surface area (Å²) >= 11 is 0. The molecule has 6 nitrogen and oxygen atoms in total. The van der Waals surface area contributed by atoms with Gasteiger partial charge < -0.3 is 9.31 Å². The van der Waals surface area contributed by atoms with Gasteiger partial charge in [-0.1, -0.05) is 0 Å².